The van der Waals surface area contributed by atoms with Crippen molar-refractivity contribution in [2.75, 3.05) is 10.6 Å². The summed E-state index contributed by atoms with van der Waals surface area (Å²) >= 11 is 1.79. The van der Waals surface area contributed by atoms with Crippen LogP contribution in [0.15, 0.2) is 146 Å². The number of thiophene rings is 1. The van der Waals surface area contributed by atoms with Crippen LogP contribution in [0.25, 0.3) is 48.5 Å². The highest BCUT2D eigenvalue weighted by molar-refractivity contribution is 7.26. The Balaban J connectivity index is 1.42. The molecule has 202 valence electrons. The summed E-state index contributed by atoms with van der Waals surface area (Å²) in [7, 11) is 0. The summed E-state index contributed by atoms with van der Waals surface area (Å²) in [5.41, 5.74) is 16.7. The Labute approximate surface area is 250 Å². The molecule has 0 saturated carbocycles. The third-order valence-electron chi connectivity index (χ3n) is 7.72. The first kappa shape index (κ1) is 25.8. The molecule has 0 unspecified atom stereocenters. The number of nitrogens with two attached hydrogens (primary N) is 1. The fourth-order valence-corrected chi connectivity index (χ4v) is 6.88. The zero-order valence-corrected chi connectivity index (χ0v) is 24.2. The lowest BCUT2D eigenvalue weighted by atomic mass is 10.0. The van der Waals surface area contributed by atoms with Gasteiger partial charge in [0.05, 0.1) is 0 Å². The van der Waals surface area contributed by atoms with Gasteiger partial charge >= 0.3 is 0 Å². The molecule has 0 aliphatic carbocycles. The molecule has 2 nitrogen and oxygen atoms in total. The lowest BCUT2D eigenvalue weighted by Crippen LogP contribution is -2.10. The topological polar surface area (TPSA) is 29.3 Å². The van der Waals surface area contributed by atoms with E-state index in [9.17, 15) is 0 Å². The van der Waals surface area contributed by atoms with Crippen LogP contribution in [0.4, 0.5) is 22.7 Å². The second-order valence-electron chi connectivity index (χ2n) is 10.4. The van der Waals surface area contributed by atoms with E-state index in [4.69, 9.17) is 5.73 Å². The standard InChI is InChI=1S/C39H30N2S/c1-2-11-29-20-23-36-38(39(29)40)35-22-21-34(26-37(35)42-36)41(32-18-9-16-30(24-32)27-12-5-3-6-13-27)33-19-10-17-31(25-33)28-14-7-4-8-15-28/h2-26H,40H2,1H3/b11-2-. The van der Waals surface area contributed by atoms with E-state index in [0.717, 1.165) is 33.7 Å². The van der Waals surface area contributed by atoms with Crippen LogP contribution >= 0.6 is 11.3 Å². The number of hydrogen-bond acceptors (Lipinski definition) is 3. The van der Waals surface area contributed by atoms with Crippen molar-refractivity contribution in [1.29, 1.82) is 0 Å². The van der Waals surface area contributed by atoms with Crippen LogP contribution in [0.2, 0.25) is 0 Å². The number of rotatable bonds is 6. The van der Waals surface area contributed by atoms with Gasteiger partial charge < -0.3 is 10.6 Å². The van der Waals surface area contributed by atoms with E-state index in [1.54, 1.807) is 11.3 Å². The largest absolute Gasteiger partial charge is 0.398 e. The molecule has 0 radical (unpaired) electrons. The van der Waals surface area contributed by atoms with Crippen molar-refractivity contribution in [3.63, 3.8) is 0 Å². The Morgan fingerprint density at radius 2 is 1.12 bits per heavy atom. The molecule has 1 aromatic heterocycles. The molecule has 0 spiro atoms. The molecule has 0 atom stereocenters. The van der Waals surface area contributed by atoms with Crippen molar-refractivity contribution in [3.8, 4) is 22.3 Å². The van der Waals surface area contributed by atoms with E-state index in [1.165, 1.54) is 37.0 Å². The fourth-order valence-electron chi connectivity index (χ4n) is 5.72. The predicted molar refractivity (Wildman–Crippen MR) is 184 cm³/mol. The number of nitrogens with zero attached hydrogens (tertiary/aromatic N) is 1. The minimum atomic E-state index is 0.840. The van der Waals surface area contributed by atoms with Gasteiger partial charge in [0.15, 0.2) is 0 Å². The number of anilines is 4. The van der Waals surface area contributed by atoms with Crippen LogP contribution in [-0.2, 0) is 0 Å². The van der Waals surface area contributed by atoms with Gasteiger partial charge in [-0.15, -0.1) is 11.3 Å². The molecule has 0 amide bonds. The average Bonchev–Trinajstić information content (AvgIpc) is 3.42. The van der Waals surface area contributed by atoms with E-state index >= 15 is 0 Å². The van der Waals surface area contributed by atoms with Crippen molar-refractivity contribution in [3.05, 3.63) is 151 Å². The van der Waals surface area contributed by atoms with Gasteiger partial charge in [0.1, 0.15) is 0 Å². The number of benzene rings is 6. The molecule has 6 aromatic carbocycles. The summed E-state index contributed by atoms with van der Waals surface area (Å²) in [5.74, 6) is 0. The lowest BCUT2D eigenvalue weighted by Gasteiger charge is -2.26. The summed E-state index contributed by atoms with van der Waals surface area (Å²) in [6, 6.07) is 49.8. The molecule has 0 aliphatic rings. The molecule has 7 rings (SSSR count). The molecule has 0 saturated heterocycles. The number of fused-ring (bicyclic) bond motifs is 3. The average molecular weight is 559 g/mol. The maximum atomic E-state index is 6.68. The third kappa shape index (κ3) is 4.74. The summed E-state index contributed by atoms with van der Waals surface area (Å²) in [6.45, 7) is 2.02. The zero-order chi connectivity index (χ0) is 28.5. The molecular weight excluding hydrogens is 529 g/mol. The second kappa shape index (κ2) is 11.0. The van der Waals surface area contributed by atoms with E-state index in [-0.39, 0.29) is 0 Å². The van der Waals surface area contributed by atoms with Gasteiger partial charge in [-0.3, -0.25) is 0 Å². The highest BCUT2D eigenvalue weighted by atomic mass is 32.1. The first-order valence-electron chi connectivity index (χ1n) is 14.2. The molecule has 7 aromatic rings. The molecule has 0 bridgehead atoms. The molecule has 0 aliphatic heterocycles. The van der Waals surface area contributed by atoms with Crippen LogP contribution in [0.5, 0.6) is 0 Å². The normalized spacial score (nSPS) is 11.5. The van der Waals surface area contributed by atoms with Gasteiger partial charge in [0, 0.05) is 42.9 Å². The summed E-state index contributed by atoms with van der Waals surface area (Å²) < 4.78 is 2.42. The van der Waals surface area contributed by atoms with E-state index < -0.39 is 0 Å². The molecular formula is C39H30N2S. The van der Waals surface area contributed by atoms with Gasteiger partial charge in [-0.2, -0.15) is 0 Å². The van der Waals surface area contributed by atoms with Gasteiger partial charge in [-0.05, 0) is 77.2 Å². The first-order chi connectivity index (χ1) is 20.7. The Bertz CT molecular complexity index is 1970. The van der Waals surface area contributed by atoms with Gasteiger partial charge in [-0.1, -0.05) is 109 Å². The number of allylic oxidation sites excluding steroid dienone is 1. The Hall–Kier alpha value is -5.12. The maximum Gasteiger partial charge on any atom is 0.0482 e. The van der Waals surface area contributed by atoms with Crippen molar-refractivity contribution >= 4 is 60.3 Å². The van der Waals surface area contributed by atoms with Crippen molar-refractivity contribution < 1.29 is 0 Å². The lowest BCUT2D eigenvalue weighted by molar-refractivity contribution is 1.29. The van der Waals surface area contributed by atoms with Crippen molar-refractivity contribution in [1.82, 2.24) is 0 Å². The summed E-state index contributed by atoms with van der Waals surface area (Å²) in [4.78, 5) is 2.36. The Kier molecular flexibility index (Phi) is 6.79. The van der Waals surface area contributed by atoms with E-state index in [2.05, 4.69) is 151 Å². The highest BCUT2D eigenvalue weighted by Gasteiger charge is 2.17. The SMILES string of the molecule is C/C=C\c1ccc2sc3cc(N(c4cccc(-c5ccccc5)c4)c4cccc(-c5ccccc5)c4)ccc3c2c1N. The molecule has 1 heterocycles. The number of hydrogen-bond donors (Lipinski definition) is 1. The van der Waals surface area contributed by atoms with E-state index in [0.29, 0.717) is 0 Å². The summed E-state index contributed by atoms with van der Waals surface area (Å²) in [6.07, 6.45) is 4.11. The van der Waals surface area contributed by atoms with Crippen LogP contribution in [0.3, 0.4) is 0 Å². The summed E-state index contributed by atoms with van der Waals surface area (Å²) in [5, 5.41) is 2.33. The molecule has 42 heavy (non-hydrogen) atoms. The zero-order valence-electron chi connectivity index (χ0n) is 23.4. The second-order valence-corrected chi connectivity index (χ2v) is 11.5. The third-order valence-corrected chi connectivity index (χ3v) is 8.84. The monoisotopic (exact) mass is 558 g/mol. The predicted octanol–water partition coefficient (Wildman–Crippen LogP) is 11.5. The van der Waals surface area contributed by atoms with Gasteiger partial charge in [0.2, 0.25) is 0 Å². The minimum Gasteiger partial charge on any atom is -0.398 e. The maximum absolute atomic E-state index is 6.68. The number of nitrogen functional groups attached to an aromatic ring is 1. The van der Waals surface area contributed by atoms with Crippen molar-refractivity contribution in [2.24, 2.45) is 0 Å². The molecule has 2 N–H and O–H groups in total. The van der Waals surface area contributed by atoms with Crippen LogP contribution in [0.1, 0.15) is 12.5 Å². The van der Waals surface area contributed by atoms with E-state index in [1.807, 2.05) is 13.0 Å². The molecule has 3 heteroatoms. The van der Waals surface area contributed by atoms with Crippen molar-refractivity contribution in [2.45, 2.75) is 6.92 Å². The van der Waals surface area contributed by atoms with Gasteiger partial charge in [0.25, 0.3) is 0 Å². The quantitative estimate of drug-likeness (QED) is 0.206. The Morgan fingerprint density at radius 1 is 0.548 bits per heavy atom. The van der Waals surface area contributed by atoms with Gasteiger partial charge in [-0.25, -0.2) is 0 Å². The molecule has 0 fully saturated rings. The van der Waals surface area contributed by atoms with Crippen LogP contribution in [-0.4, -0.2) is 0 Å². The van der Waals surface area contributed by atoms with Crippen LogP contribution < -0.4 is 10.6 Å². The highest BCUT2D eigenvalue weighted by Crippen LogP contribution is 2.44. The smallest absolute Gasteiger partial charge is 0.0482 e. The van der Waals surface area contributed by atoms with Crippen LogP contribution in [0, 0.1) is 0 Å². The fraction of sp³-hybridized carbons (Fsp3) is 0.0256. The Morgan fingerprint density at radius 3 is 1.71 bits per heavy atom. The first-order valence-corrected chi connectivity index (χ1v) is 15.0. The minimum absolute atomic E-state index is 0.840.